The summed E-state index contributed by atoms with van der Waals surface area (Å²) in [5, 5.41) is 0.931. The van der Waals surface area contributed by atoms with Crippen LogP contribution in [0.25, 0.3) is 11.0 Å². The van der Waals surface area contributed by atoms with E-state index in [1.807, 2.05) is 24.3 Å². The van der Waals surface area contributed by atoms with E-state index in [0.29, 0.717) is 6.54 Å². The van der Waals surface area contributed by atoms with Crippen molar-refractivity contribution in [3.8, 4) is 0 Å². The van der Waals surface area contributed by atoms with Gasteiger partial charge >= 0.3 is 0 Å². The second-order valence-corrected chi connectivity index (χ2v) is 5.70. The SMILES string of the molecule is CCC1CCN(CC(=O)c2coc3ccccc23)CC1. The molecular formula is C17H21NO2. The molecular weight excluding hydrogens is 250 g/mol. The molecule has 0 unspecified atom stereocenters. The zero-order valence-corrected chi connectivity index (χ0v) is 12.0. The van der Waals surface area contributed by atoms with Gasteiger partial charge in [-0.25, -0.2) is 0 Å². The second kappa shape index (κ2) is 5.80. The maximum absolute atomic E-state index is 12.4. The lowest BCUT2D eigenvalue weighted by Crippen LogP contribution is -2.37. The van der Waals surface area contributed by atoms with Crippen LogP contribution >= 0.6 is 0 Å². The number of carbonyl (C=O) groups is 1. The highest BCUT2D eigenvalue weighted by molar-refractivity contribution is 6.08. The molecule has 2 aromatic rings. The van der Waals surface area contributed by atoms with Crippen molar-refractivity contribution in [2.45, 2.75) is 26.2 Å². The first-order chi connectivity index (χ1) is 9.78. The van der Waals surface area contributed by atoms with Crippen molar-refractivity contribution in [2.75, 3.05) is 19.6 Å². The van der Waals surface area contributed by atoms with Crippen molar-refractivity contribution in [2.24, 2.45) is 5.92 Å². The molecule has 1 aromatic carbocycles. The maximum Gasteiger partial charge on any atom is 0.180 e. The fourth-order valence-electron chi connectivity index (χ4n) is 3.03. The molecule has 3 rings (SSSR count). The standard InChI is InChI=1S/C17H21NO2/c1-2-13-7-9-18(10-8-13)11-16(19)15-12-20-17-6-4-3-5-14(15)17/h3-6,12-13H,2,7-11H2,1H3. The minimum absolute atomic E-state index is 0.171. The fourth-order valence-corrected chi connectivity index (χ4v) is 3.03. The van der Waals surface area contributed by atoms with E-state index in [1.54, 1.807) is 6.26 Å². The van der Waals surface area contributed by atoms with Gasteiger partial charge in [-0.2, -0.15) is 0 Å². The number of hydrogen-bond acceptors (Lipinski definition) is 3. The molecule has 1 fully saturated rings. The Hall–Kier alpha value is -1.61. The molecule has 0 N–H and O–H groups in total. The summed E-state index contributed by atoms with van der Waals surface area (Å²) in [4.78, 5) is 14.7. The molecule has 106 valence electrons. The predicted octanol–water partition coefficient (Wildman–Crippen LogP) is 3.74. The summed E-state index contributed by atoms with van der Waals surface area (Å²) in [7, 11) is 0. The molecule has 1 saturated heterocycles. The van der Waals surface area contributed by atoms with Gasteiger partial charge in [0.15, 0.2) is 5.78 Å². The molecule has 1 aliphatic heterocycles. The quantitative estimate of drug-likeness (QED) is 0.794. The first kappa shape index (κ1) is 13.4. The van der Waals surface area contributed by atoms with Crippen molar-refractivity contribution in [1.82, 2.24) is 4.90 Å². The molecule has 3 heteroatoms. The van der Waals surface area contributed by atoms with Crippen LogP contribution in [0.1, 0.15) is 36.5 Å². The van der Waals surface area contributed by atoms with E-state index in [4.69, 9.17) is 4.42 Å². The van der Waals surface area contributed by atoms with Crippen LogP contribution < -0.4 is 0 Å². The second-order valence-electron chi connectivity index (χ2n) is 5.70. The lowest BCUT2D eigenvalue weighted by molar-refractivity contribution is 0.0895. The van der Waals surface area contributed by atoms with E-state index in [-0.39, 0.29) is 5.78 Å². The topological polar surface area (TPSA) is 33.5 Å². The van der Waals surface area contributed by atoms with Gasteiger partial charge in [0.05, 0.1) is 12.1 Å². The summed E-state index contributed by atoms with van der Waals surface area (Å²) in [6, 6.07) is 7.73. The lowest BCUT2D eigenvalue weighted by atomic mass is 9.94. The number of benzene rings is 1. The number of Topliss-reactive ketones (excluding diaryl/α,β-unsaturated/α-hetero) is 1. The number of carbonyl (C=O) groups excluding carboxylic acids is 1. The van der Waals surface area contributed by atoms with E-state index in [0.717, 1.165) is 35.5 Å². The molecule has 0 spiro atoms. The molecule has 0 bridgehead atoms. The van der Waals surface area contributed by atoms with E-state index in [1.165, 1.54) is 19.3 Å². The van der Waals surface area contributed by atoms with Gasteiger partial charge in [-0.1, -0.05) is 31.5 Å². The molecule has 1 aliphatic rings. The molecule has 3 nitrogen and oxygen atoms in total. The van der Waals surface area contributed by atoms with Gasteiger partial charge in [-0.3, -0.25) is 9.69 Å². The number of piperidine rings is 1. The van der Waals surface area contributed by atoms with Gasteiger partial charge in [0.2, 0.25) is 0 Å². The molecule has 0 aliphatic carbocycles. The largest absolute Gasteiger partial charge is 0.464 e. The number of para-hydroxylation sites is 1. The first-order valence-electron chi connectivity index (χ1n) is 7.49. The van der Waals surface area contributed by atoms with Gasteiger partial charge in [-0.15, -0.1) is 0 Å². The number of furan rings is 1. The van der Waals surface area contributed by atoms with Gasteiger partial charge in [0.25, 0.3) is 0 Å². The van der Waals surface area contributed by atoms with Crippen LogP contribution in [0.4, 0.5) is 0 Å². The summed E-state index contributed by atoms with van der Waals surface area (Å²) in [6.07, 6.45) is 5.30. The van der Waals surface area contributed by atoms with Crippen LogP contribution in [0.3, 0.4) is 0 Å². The third-order valence-electron chi connectivity index (χ3n) is 4.43. The van der Waals surface area contributed by atoms with Crippen LogP contribution in [-0.4, -0.2) is 30.3 Å². The zero-order valence-electron chi connectivity index (χ0n) is 12.0. The Morgan fingerprint density at radius 1 is 1.30 bits per heavy atom. The third kappa shape index (κ3) is 2.63. The summed E-state index contributed by atoms with van der Waals surface area (Å²) in [5.74, 6) is 1.01. The lowest BCUT2D eigenvalue weighted by Gasteiger charge is -2.30. The van der Waals surface area contributed by atoms with E-state index >= 15 is 0 Å². The molecule has 20 heavy (non-hydrogen) atoms. The smallest absolute Gasteiger partial charge is 0.180 e. The van der Waals surface area contributed by atoms with Crippen LogP contribution in [0.2, 0.25) is 0 Å². The van der Waals surface area contributed by atoms with Crippen molar-refractivity contribution in [3.63, 3.8) is 0 Å². The van der Waals surface area contributed by atoms with Crippen molar-refractivity contribution >= 4 is 16.8 Å². The minimum atomic E-state index is 0.171. The number of ketones is 1. The van der Waals surface area contributed by atoms with Gasteiger partial charge in [0.1, 0.15) is 11.8 Å². The zero-order chi connectivity index (χ0) is 13.9. The Balaban J connectivity index is 1.68. The average Bonchev–Trinajstić information content (AvgIpc) is 2.92. The summed E-state index contributed by atoms with van der Waals surface area (Å²) >= 11 is 0. The first-order valence-corrected chi connectivity index (χ1v) is 7.49. The van der Waals surface area contributed by atoms with E-state index < -0.39 is 0 Å². The fraction of sp³-hybridized carbons (Fsp3) is 0.471. The number of likely N-dealkylation sites (tertiary alicyclic amines) is 1. The Labute approximate surface area is 119 Å². The highest BCUT2D eigenvalue weighted by Crippen LogP contribution is 2.23. The highest BCUT2D eigenvalue weighted by Gasteiger charge is 2.21. The van der Waals surface area contributed by atoms with Crippen LogP contribution in [-0.2, 0) is 0 Å². The number of fused-ring (bicyclic) bond motifs is 1. The molecule has 1 aromatic heterocycles. The Morgan fingerprint density at radius 2 is 2.05 bits per heavy atom. The van der Waals surface area contributed by atoms with Gasteiger partial charge in [0, 0.05) is 5.39 Å². The Morgan fingerprint density at radius 3 is 2.80 bits per heavy atom. The van der Waals surface area contributed by atoms with Crippen molar-refractivity contribution < 1.29 is 9.21 Å². The number of rotatable bonds is 4. The summed E-state index contributed by atoms with van der Waals surface area (Å²) in [6.45, 7) is 4.85. The molecule has 2 heterocycles. The van der Waals surface area contributed by atoms with E-state index in [2.05, 4.69) is 11.8 Å². The molecule has 0 radical (unpaired) electrons. The minimum Gasteiger partial charge on any atom is -0.464 e. The average molecular weight is 271 g/mol. The predicted molar refractivity (Wildman–Crippen MR) is 80.0 cm³/mol. The van der Waals surface area contributed by atoms with Crippen LogP contribution in [0, 0.1) is 5.92 Å². The third-order valence-corrected chi connectivity index (χ3v) is 4.43. The highest BCUT2D eigenvalue weighted by atomic mass is 16.3. The molecule has 0 amide bonds. The monoisotopic (exact) mass is 271 g/mol. The van der Waals surface area contributed by atoms with E-state index in [9.17, 15) is 4.79 Å². The number of nitrogens with zero attached hydrogens (tertiary/aromatic N) is 1. The number of hydrogen-bond donors (Lipinski definition) is 0. The maximum atomic E-state index is 12.4. The Kier molecular flexibility index (Phi) is 3.88. The molecule has 0 saturated carbocycles. The molecule has 0 atom stereocenters. The summed E-state index contributed by atoms with van der Waals surface area (Å²) in [5.41, 5.74) is 1.51. The van der Waals surface area contributed by atoms with Crippen LogP contribution in [0.5, 0.6) is 0 Å². The van der Waals surface area contributed by atoms with Crippen molar-refractivity contribution in [3.05, 3.63) is 36.1 Å². The van der Waals surface area contributed by atoms with Crippen LogP contribution in [0.15, 0.2) is 34.9 Å². The Bertz CT molecular complexity index is 594. The summed E-state index contributed by atoms with van der Waals surface area (Å²) < 4.78 is 5.45. The normalized spacial score (nSPS) is 17.6. The van der Waals surface area contributed by atoms with Gasteiger partial charge < -0.3 is 4.42 Å². The van der Waals surface area contributed by atoms with Crippen molar-refractivity contribution in [1.29, 1.82) is 0 Å². The van der Waals surface area contributed by atoms with Gasteiger partial charge in [-0.05, 0) is 37.9 Å².